The minimum atomic E-state index is -1.36. The highest BCUT2D eigenvalue weighted by atomic mass is 35.5. The molecule has 0 aromatic heterocycles. The second-order valence-electron chi connectivity index (χ2n) is 6.91. The van der Waals surface area contributed by atoms with E-state index in [9.17, 15) is 23.6 Å². The summed E-state index contributed by atoms with van der Waals surface area (Å²) in [6.07, 6.45) is 2.41. The first-order valence-corrected chi connectivity index (χ1v) is 10.2. The Balaban J connectivity index is 2.17. The molecule has 0 aliphatic carbocycles. The van der Waals surface area contributed by atoms with Gasteiger partial charge in [-0.1, -0.05) is 31.5 Å². The van der Waals surface area contributed by atoms with Crippen molar-refractivity contribution >= 4 is 41.4 Å². The van der Waals surface area contributed by atoms with Gasteiger partial charge in [0.15, 0.2) is 12.0 Å². The molecule has 0 bridgehead atoms. The fourth-order valence-corrected chi connectivity index (χ4v) is 3.34. The number of carbonyl (C=O) groups is 4. The normalized spacial score (nSPS) is 14.9. The van der Waals surface area contributed by atoms with Crippen molar-refractivity contribution in [1.29, 1.82) is 0 Å². The van der Waals surface area contributed by atoms with Crippen LogP contribution in [-0.2, 0) is 25.5 Å². The lowest BCUT2D eigenvalue weighted by Crippen LogP contribution is -2.52. The lowest BCUT2D eigenvalue weighted by molar-refractivity contribution is -0.456. The topological polar surface area (TPSA) is 92.5 Å². The maximum atomic E-state index is 13.0. The molecular weight excluding hydrogens is 415 g/mol. The van der Waals surface area contributed by atoms with Crippen molar-refractivity contribution in [2.75, 3.05) is 13.3 Å². The van der Waals surface area contributed by atoms with Gasteiger partial charge in [-0.25, -0.2) is 9.18 Å². The van der Waals surface area contributed by atoms with Gasteiger partial charge in [0.1, 0.15) is 12.7 Å². The summed E-state index contributed by atoms with van der Waals surface area (Å²) in [4.78, 5) is 49.5. The number of amides is 2. The van der Waals surface area contributed by atoms with Crippen molar-refractivity contribution in [3.63, 3.8) is 0 Å². The van der Waals surface area contributed by atoms with E-state index in [4.69, 9.17) is 16.3 Å². The third-order valence-electron chi connectivity index (χ3n) is 4.74. The number of Topliss-reactive ketones (excluding diaryl/α,β-unsaturated/α-hetero) is 1. The predicted octanol–water partition coefficient (Wildman–Crippen LogP) is 2.26. The second kappa shape index (κ2) is 11.0. The van der Waals surface area contributed by atoms with Crippen molar-refractivity contribution < 1.29 is 32.9 Å². The molecule has 1 N–H and O–H groups in total. The Labute approximate surface area is 179 Å². The van der Waals surface area contributed by atoms with Gasteiger partial charge in [-0.15, -0.1) is 0 Å². The van der Waals surface area contributed by atoms with Crippen molar-refractivity contribution in [2.45, 2.75) is 51.6 Å². The summed E-state index contributed by atoms with van der Waals surface area (Å²) in [5.41, 5.74) is 1.19. The Morgan fingerprint density at radius 2 is 2.03 bits per heavy atom. The molecule has 1 heterocycles. The van der Waals surface area contributed by atoms with Gasteiger partial charge in [0.2, 0.25) is 6.04 Å². The van der Waals surface area contributed by atoms with E-state index in [0.29, 0.717) is 23.4 Å². The number of benzene rings is 1. The van der Waals surface area contributed by atoms with Crippen molar-refractivity contribution in [2.24, 2.45) is 0 Å². The van der Waals surface area contributed by atoms with Gasteiger partial charge in [-0.05, 0) is 24.1 Å². The number of rotatable bonds is 10. The van der Waals surface area contributed by atoms with Gasteiger partial charge in [0.05, 0.1) is 25.0 Å². The molecule has 1 aromatic carbocycles. The minimum Gasteiger partial charge on any atom is -0.466 e. The van der Waals surface area contributed by atoms with E-state index in [1.165, 1.54) is 4.58 Å². The summed E-state index contributed by atoms with van der Waals surface area (Å²) >= 11 is 5.99. The van der Waals surface area contributed by atoms with E-state index in [0.717, 1.165) is 5.56 Å². The van der Waals surface area contributed by atoms with E-state index in [2.05, 4.69) is 5.32 Å². The van der Waals surface area contributed by atoms with Crippen LogP contribution in [0.4, 0.5) is 4.39 Å². The van der Waals surface area contributed by atoms with E-state index >= 15 is 0 Å². The molecule has 2 rings (SSSR count). The molecule has 0 fully saturated rings. The highest BCUT2D eigenvalue weighted by Gasteiger charge is 2.39. The van der Waals surface area contributed by atoms with Crippen molar-refractivity contribution in [1.82, 2.24) is 5.32 Å². The number of halogens is 2. The Kier molecular flexibility index (Phi) is 8.65. The van der Waals surface area contributed by atoms with Gasteiger partial charge in [-0.3, -0.25) is 14.4 Å². The number of fused-ring (bicyclic) bond motifs is 1. The minimum absolute atomic E-state index is 0.167. The maximum absolute atomic E-state index is 13.0. The standard InChI is InChI=1S/C21H24ClFN2O5/c1-3-9-30-19(27)11-16(18(26)12-23)24-20(28)17(4-2)25-8-7-13-5-6-14(22)10-15(13)21(25)29/h5-6,8,10,16-17H,3-4,7,9,11-12H2,1-2H3/p+1/t16?,17-/m0/s1. The third-order valence-corrected chi connectivity index (χ3v) is 4.98. The molecule has 1 unspecified atom stereocenters. The summed E-state index contributed by atoms with van der Waals surface area (Å²) in [6, 6.07) is 2.70. The molecule has 1 aromatic rings. The fourth-order valence-electron chi connectivity index (χ4n) is 3.17. The quantitative estimate of drug-likeness (QED) is 0.446. The predicted molar refractivity (Wildman–Crippen MR) is 109 cm³/mol. The highest BCUT2D eigenvalue weighted by molar-refractivity contribution is 6.31. The van der Waals surface area contributed by atoms with Crippen LogP contribution in [0, 0.1) is 0 Å². The van der Waals surface area contributed by atoms with Crippen molar-refractivity contribution in [3.05, 3.63) is 34.3 Å². The highest BCUT2D eigenvalue weighted by Crippen LogP contribution is 2.21. The van der Waals surface area contributed by atoms with Gasteiger partial charge >= 0.3 is 11.9 Å². The number of ether oxygens (including phenoxy) is 1. The number of hydrogen-bond acceptors (Lipinski definition) is 5. The van der Waals surface area contributed by atoms with Crippen LogP contribution in [-0.4, -0.2) is 59.7 Å². The van der Waals surface area contributed by atoms with Crippen molar-refractivity contribution in [3.8, 4) is 0 Å². The van der Waals surface area contributed by atoms with Gasteiger partial charge in [-0.2, -0.15) is 4.58 Å². The second-order valence-corrected chi connectivity index (χ2v) is 7.35. The number of nitrogens with one attached hydrogen (secondary N) is 1. The maximum Gasteiger partial charge on any atom is 0.420 e. The summed E-state index contributed by atoms with van der Waals surface area (Å²) in [5, 5.41) is 2.81. The Hall–Kier alpha value is -2.61. The van der Waals surface area contributed by atoms with E-state index < -0.39 is 48.7 Å². The average molecular weight is 440 g/mol. The SMILES string of the molecule is CCCOC(=O)CC(NC(=O)[C@H](CC)[N+]1=CCc2ccc(Cl)cc2C1=O)C(=O)CF. The smallest absolute Gasteiger partial charge is 0.420 e. The molecule has 0 radical (unpaired) electrons. The van der Waals surface area contributed by atoms with Crippen LogP contribution in [0.3, 0.4) is 0 Å². The lowest BCUT2D eigenvalue weighted by atomic mass is 9.99. The molecule has 0 saturated heterocycles. The summed E-state index contributed by atoms with van der Waals surface area (Å²) in [5.74, 6) is -2.68. The summed E-state index contributed by atoms with van der Waals surface area (Å²) < 4.78 is 19.2. The van der Waals surface area contributed by atoms with Crippen LogP contribution in [0.15, 0.2) is 18.2 Å². The number of esters is 1. The van der Waals surface area contributed by atoms with Crippen LogP contribution >= 0.6 is 11.6 Å². The van der Waals surface area contributed by atoms with Crippen LogP contribution in [0.1, 0.15) is 49.0 Å². The first-order chi connectivity index (χ1) is 14.3. The van der Waals surface area contributed by atoms with Gasteiger partial charge in [0.25, 0.3) is 5.91 Å². The zero-order valence-corrected chi connectivity index (χ0v) is 17.7. The summed E-state index contributed by atoms with van der Waals surface area (Å²) in [7, 11) is 0. The molecule has 9 heteroatoms. The van der Waals surface area contributed by atoms with Crippen LogP contribution in [0.25, 0.3) is 0 Å². The molecular formula is C21H25ClFN2O5+. The Bertz CT molecular complexity index is 871. The Morgan fingerprint density at radius 3 is 2.67 bits per heavy atom. The first kappa shape index (κ1) is 23.7. The van der Waals surface area contributed by atoms with E-state index in [1.54, 1.807) is 31.3 Å². The van der Waals surface area contributed by atoms with Gasteiger partial charge < -0.3 is 10.1 Å². The molecule has 2 atom stereocenters. The number of nitrogens with zero attached hydrogens (tertiary/aromatic N) is 1. The zero-order valence-electron chi connectivity index (χ0n) is 17.0. The monoisotopic (exact) mass is 439 g/mol. The van der Waals surface area contributed by atoms with Gasteiger partial charge in [0, 0.05) is 11.4 Å². The first-order valence-electron chi connectivity index (χ1n) is 9.81. The van der Waals surface area contributed by atoms with Crippen LogP contribution in [0.2, 0.25) is 5.02 Å². The molecule has 0 saturated carbocycles. The lowest BCUT2D eigenvalue weighted by Gasteiger charge is -2.20. The number of alkyl halides is 1. The van der Waals surface area contributed by atoms with E-state index in [1.807, 2.05) is 6.92 Å². The molecule has 7 nitrogen and oxygen atoms in total. The molecule has 162 valence electrons. The molecule has 0 spiro atoms. The summed E-state index contributed by atoms with van der Waals surface area (Å²) in [6.45, 7) is 2.35. The average Bonchev–Trinajstić information content (AvgIpc) is 2.73. The molecule has 1 aliphatic rings. The van der Waals surface area contributed by atoms with Crippen LogP contribution in [0.5, 0.6) is 0 Å². The largest absolute Gasteiger partial charge is 0.466 e. The van der Waals surface area contributed by atoms with Crippen LogP contribution < -0.4 is 5.32 Å². The number of hydrogen-bond donors (Lipinski definition) is 1. The fraction of sp³-hybridized carbons (Fsp3) is 0.476. The molecule has 1 aliphatic heterocycles. The molecule has 30 heavy (non-hydrogen) atoms. The van der Waals surface area contributed by atoms with E-state index in [-0.39, 0.29) is 13.0 Å². The third kappa shape index (κ3) is 5.72. The zero-order chi connectivity index (χ0) is 22.3. The number of carbonyl (C=O) groups excluding carboxylic acids is 4. The Morgan fingerprint density at radius 1 is 1.30 bits per heavy atom. The number of ketones is 1. The molecule has 2 amide bonds.